The van der Waals surface area contributed by atoms with E-state index < -0.39 is 5.56 Å². The molecule has 3 rings (SSSR count). The van der Waals surface area contributed by atoms with Gasteiger partial charge in [-0.2, -0.15) is 5.26 Å². The summed E-state index contributed by atoms with van der Waals surface area (Å²) in [5, 5.41) is 12.2. The Kier molecular flexibility index (Phi) is 6.62. The van der Waals surface area contributed by atoms with Gasteiger partial charge in [0.2, 0.25) is 5.91 Å². The average molecular weight is 407 g/mol. The van der Waals surface area contributed by atoms with E-state index in [9.17, 15) is 19.6 Å². The van der Waals surface area contributed by atoms with E-state index in [1.807, 2.05) is 11.0 Å². The van der Waals surface area contributed by atoms with Crippen LogP contribution in [-0.2, 0) is 11.2 Å². The first-order valence-corrected chi connectivity index (χ1v) is 10.0. The van der Waals surface area contributed by atoms with Gasteiger partial charge in [0.25, 0.3) is 11.5 Å². The molecule has 8 nitrogen and oxygen atoms in total. The third-order valence-corrected chi connectivity index (χ3v) is 5.59. The Labute approximate surface area is 174 Å². The zero-order valence-electron chi connectivity index (χ0n) is 17.2. The Morgan fingerprint density at radius 3 is 2.67 bits per heavy atom. The number of aromatic amines is 1. The second-order valence-corrected chi connectivity index (χ2v) is 7.51. The Balaban J connectivity index is 1.52. The van der Waals surface area contributed by atoms with Crippen LogP contribution in [-0.4, -0.2) is 45.8 Å². The van der Waals surface area contributed by atoms with Crippen molar-refractivity contribution in [2.45, 2.75) is 45.6 Å². The molecule has 3 heterocycles. The van der Waals surface area contributed by atoms with E-state index in [0.29, 0.717) is 55.7 Å². The number of hydrogen-bond acceptors (Lipinski definition) is 5. The van der Waals surface area contributed by atoms with Crippen LogP contribution in [0, 0.1) is 25.2 Å². The lowest BCUT2D eigenvalue weighted by molar-refractivity contribution is -0.132. The number of likely N-dealkylation sites (tertiary alicyclic amines) is 1. The largest absolute Gasteiger partial charge is 0.348 e. The number of aromatic nitrogens is 2. The number of nitriles is 1. The van der Waals surface area contributed by atoms with Gasteiger partial charge in [-0.25, -0.2) is 0 Å². The van der Waals surface area contributed by atoms with Crippen LogP contribution in [0.15, 0.2) is 29.2 Å². The second kappa shape index (κ2) is 9.35. The summed E-state index contributed by atoms with van der Waals surface area (Å²) in [4.78, 5) is 45.3. The summed E-state index contributed by atoms with van der Waals surface area (Å²) in [7, 11) is 0. The number of carbonyl (C=O) groups excluding carboxylic acids is 2. The zero-order valence-corrected chi connectivity index (χ0v) is 17.2. The Hall–Kier alpha value is -3.47. The summed E-state index contributed by atoms with van der Waals surface area (Å²) in [5.74, 6) is -0.161. The van der Waals surface area contributed by atoms with Gasteiger partial charge in [-0.05, 0) is 56.4 Å². The Morgan fingerprint density at radius 2 is 2.03 bits per heavy atom. The topological polar surface area (TPSA) is 119 Å². The van der Waals surface area contributed by atoms with Crippen LogP contribution in [0.25, 0.3) is 0 Å². The SMILES string of the molecule is Cc1[nH]c(=O)c(C#N)c(C)c1CCC(=O)N1CCC(NC(=O)c2ccccn2)CC1. The molecule has 2 aromatic heterocycles. The summed E-state index contributed by atoms with van der Waals surface area (Å²) in [6.07, 6.45) is 3.75. The smallest absolute Gasteiger partial charge is 0.270 e. The third-order valence-electron chi connectivity index (χ3n) is 5.59. The maximum atomic E-state index is 12.7. The molecule has 30 heavy (non-hydrogen) atoms. The van der Waals surface area contributed by atoms with Crippen LogP contribution < -0.4 is 10.9 Å². The molecule has 2 amide bonds. The number of nitrogens with one attached hydrogen (secondary N) is 2. The molecule has 0 radical (unpaired) electrons. The van der Waals surface area contributed by atoms with Gasteiger partial charge in [-0.1, -0.05) is 6.07 Å². The van der Waals surface area contributed by atoms with Crippen molar-refractivity contribution in [1.29, 1.82) is 5.26 Å². The highest BCUT2D eigenvalue weighted by Crippen LogP contribution is 2.17. The maximum absolute atomic E-state index is 12.7. The zero-order chi connectivity index (χ0) is 21.7. The minimum atomic E-state index is -0.391. The van der Waals surface area contributed by atoms with E-state index in [4.69, 9.17) is 0 Å². The number of aryl methyl sites for hydroxylation is 1. The number of amides is 2. The van der Waals surface area contributed by atoms with Crippen molar-refractivity contribution in [3.63, 3.8) is 0 Å². The van der Waals surface area contributed by atoms with Crippen molar-refractivity contribution in [3.8, 4) is 6.07 Å². The van der Waals surface area contributed by atoms with Gasteiger partial charge in [-0.15, -0.1) is 0 Å². The first kappa shape index (κ1) is 21.2. The van der Waals surface area contributed by atoms with Gasteiger partial charge in [0.05, 0.1) is 0 Å². The molecule has 156 valence electrons. The molecule has 1 fully saturated rings. The predicted molar refractivity (Wildman–Crippen MR) is 111 cm³/mol. The molecule has 0 aromatic carbocycles. The van der Waals surface area contributed by atoms with Crippen LogP contribution >= 0.6 is 0 Å². The summed E-state index contributed by atoms with van der Waals surface area (Å²) in [6, 6.07) is 7.16. The van der Waals surface area contributed by atoms with E-state index in [1.54, 1.807) is 38.2 Å². The van der Waals surface area contributed by atoms with Gasteiger partial charge < -0.3 is 15.2 Å². The van der Waals surface area contributed by atoms with Gasteiger partial charge >= 0.3 is 0 Å². The van der Waals surface area contributed by atoms with Gasteiger partial charge in [0, 0.05) is 37.4 Å². The Morgan fingerprint density at radius 1 is 1.30 bits per heavy atom. The van der Waals surface area contributed by atoms with E-state index in [2.05, 4.69) is 15.3 Å². The van der Waals surface area contributed by atoms with Crippen molar-refractivity contribution in [1.82, 2.24) is 20.2 Å². The molecular weight excluding hydrogens is 382 g/mol. The highest BCUT2D eigenvalue weighted by molar-refractivity contribution is 5.92. The molecule has 0 spiro atoms. The normalized spacial score (nSPS) is 14.2. The molecule has 0 saturated carbocycles. The lowest BCUT2D eigenvalue weighted by Gasteiger charge is -2.32. The highest BCUT2D eigenvalue weighted by Gasteiger charge is 2.24. The minimum Gasteiger partial charge on any atom is -0.348 e. The molecule has 0 aliphatic carbocycles. The van der Waals surface area contributed by atoms with Crippen molar-refractivity contribution in [2.75, 3.05) is 13.1 Å². The van der Waals surface area contributed by atoms with Crippen molar-refractivity contribution >= 4 is 11.8 Å². The summed E-state index contributed by atoms with van der Waals surface area (Å²) in [5.41, 5.74) is 2.28. The highest BCUT2D eigenvalue weighted by atomic mass is 16.2. The Bertz CT molecular complexity index is 1030. The molecule has 0 atom stereocenters. The molecular formula is C22H25N5O3. The minimum absolute atomic E-state index is 0.0189. The van der Waals surface area contributed by atoms with E-state index in [-0.39, 0.29) is 23.4 Å². The predicted octanol–water partition coefficient (Wildman–Crippen LogP) is 1.61. The number of pyridine rings is 2. The van der Waals surface area contributed by atoms with Crippen LogP contribution in [0.1, 0.15) is 52.1 Å². The summed E-state index contributed by atoms with van der Waals surface area (Å²) in [6.45, 7) is 4.69. The summed E-state index contributed by atoms with van der Waals surface area (Å²) < 4.78 is 0. The lowest BCUT2D eigenvalue weighted by atomic mass is 9.98. The molecule has 8 heteroatoms. The molecule has 1 aliphatic heterocycles. The van der Waals surface area contributed by atoms with Crippen molar-refractivity contribution in [2.24, 2.45) is 0 Å². The second-order valence-electron chi connectivity index (χ2n) is 7.51. The fraction of sp³-hybridized carbons (Fsp3) is 0.409. The lowest BCUT2D eigenvalue weighted by Crippen LogP contribution is -2.46. The fourth-order valence-electron chi connectivity index (χ4n) is 3.84. The monoisotopic (exact) mass is 407 g/mol. The molecule has 2 N–H and O–H groups in total. The third kappa shape index (κ3) is 4.74. The number of carbonyl (C=O) groups is 2. The van der Waals surface area contributed by atoms with E-state index >= 15 is 0 Å². The van der Waals surface area contributed by atoms with Crippen molar-refractivity contribution < 1.29 is 9.59 Å². The first-order valence-electron chi connectivity index (χ1n) is 10.0. The quantitative estimate of drug-likeness (QED) is 0.780. The number of rotatable bonds is 5. The fourth-order valence-corrected chi connectivity index (χ4v) is 3.84. The van der Waals surface area contributed by atoms with Gasteiger partial charge in [0.15, 0.2) is 0 Å². The van der Waals surface area contributed by atoms with E-state index in [0.717, 1.165) is 5.56 Å². The van der Waals surface area contributed by atoms with E-state index in [1.165, 1.54) is 0 Å². The number of piperidine rings is 1. The summed E-state index contributed by atoms with van der Waals surface area (Å²) >= 11 is 0. The first-order chi connectivity index (χ1) is 14.4. The van der Waals surface area contributed by atoms with Crippen LogP contribution in [0.3, 0.4) is 0 Å². The number of hydrogen-bond donors (Lipinski definition) is 2. The number of H-pyrrole nitrogens is 1. The van der Waals surface area contributed by atoms with Crippen LogP contribution in [0.2, 0.25) is 0 Å². The van der Waals surface area contributed by atoms with Crippen LogP contribution in [0.5, 0.6) is 0 Å². The van der Waals surface area contributed by atoms with Crippen LogP contribution in [0.4, 0.5) is 0 Å². The standard InChI is InChI=1S/C22H25N5O3/c1-14-17(15(2)25-21(29)18(14)13-23)6-7-20(28)27-11-8-16(9-12-27)26-22(30)19-5-3-4-10-24-19/h3-5,10,16H,6-9,11-12H2,1-2H3,(H,25,29)(H,26,30). The molecule has 2 aromatic rings. The van der Waals surface area contributed by atoms with Gasteiger partial charge in [-0.3, -0.25) is 19.4 Å². The number of nitrogens with zero attached hydrogens (tertiary/aromatic N) is 3. The maximum Gasteiger partial charge on any atom is 0.270 e. The molecule has 1 saturated heterocycles. The molecule has 0 bridgehead atoms. The van der Waals surface area contributed by atoms with Gasteiger partial charge in [0.1, 0.15) is 17.3 Å². The average Bonchev–Trinajstić information content (AvgIpc) is 2.74. The molecule has 0 unspecified atom stereocenters. The van der Waals surface area contributed by atoms with Crippen molar-refractivity contribution in [3.05, 3.63) is 62.8 Å². The molecule has 1 aliphatic rings.